The summed E-state index contributed by atoms with van der Waals surface area (Å²) in [5.41, 5.74) is 9.04. The number of pyridine rings is 1. The molecule has 0 fully saturated rings. The number of nitrogens with one attached hydrogen (secondary N) is 1. The number of imidazole rings is 1. The molecule has 2 aliphatic heterocycles. The summed E-state index contributed by atoms with van der Waals surface area (Å²) in [5.74, 6) is 0.767. The van der Waals surface area contributed by atoms with Crippen molar-refractivity contribution in [3.05, 3.63) is 90.0 Å². The zero-order valence-corrected chi connectivity index (χ0v) is 17.1. The molecule has 148 valence electrons. The summed E-state index contributed by atoms with van der Waals surface area (Å²) in [7, 11) is 0. The largest absolute Gasteiger partial charge is 0.352 e. The van der Waals surface area contributed by atoms with E-state index >= 15 is 0 Å². The number of hydrogen-bond donors (Lipinski definition) is 1. The molecule has 5 heteroatoms. The van der Waals surface area contributed by atoms with Crippen molar-refractivity contribution in [3.63, 3.8) is 0 Å². The van der Waals surface area contributed by atoms with E-state index in [1.165, 1.54) is 22.3 Å². The number of benzene rings is 2. The fourth-order valence-corrected chi connectivity index (χ4v) is 3.63. The molecular weight excluding hydrogens is 370 g/mol. The van der Waals surface area contributed by atoms with Crippen molar-refractivity contribution in [2.45, 2.75) is 26.8 Å². The summed E-state index contributed by atoms with van der Waals surface area (Å²) in [5, 5.41) is 7.00. The Morgan fingerprint density at radius 2 is 1.57 bits per heavy atom. The second-order valence-corrected chi connectivity index (χ2v) is 7.71. The Kier molecular flexibility index (Phi) is 4.64. The first-order valence-electron chi connectivity index (χ1n) is 10.2. The molecule has 0 saturated heterocycles. The molecule has 2 aliphatic rings. The van der Waals surface area contributed by atoms with E-state index in [1.54, 1.807) is 6.20 Å². The zero-order chi connectivity index (χ0) is 20.5. The molecule has 1 aromatic heterocycles. The highest BCUT2D eigenvalue weighted by Crippen LogP contribution is 2.28. The Morgan fingerprint density at radius 1 is 0.800 bits per heavy atom. The maximum Gasteiger partial charge on any atom is 0.160 e. The molecule has 0 bridgehead atoms. The predicted molar refractivity (Wildman–Crippen MR) is 119 cm³/mol. The van der Waals surface area contributed by atoms with Crippen LogP contribution in [0.1, 0.15) is 16.8 Å². The number of aromatic amines is 1. The minimum Gasteiger partial charge on any atom is -0.352 e. The molecule has 0 amide bonds. The van der Waals surface area contributed by atoms with Gasteiger partial charge in [0.15, 0.2) is 5.82 Å². The van der Waals surface area contributed by atoms with Crippen molar-refractivity contribution >= 4 is 0 Å². The predicted octanol–water partition coefficient (Wildman–Crippen LogP) is 5.30. The second-order valence-electron chi connectivity index (χ2n) is 7.71. The summed E-state index contributed by atoms with van der Waals surface area (Å²) < 4.78 is 2.14. The van der Waals surface area contributed by atoms with Gasteiger partial charge in [0.2, 0.25) is 0 Å². The van der Waals surface area contributed by atoms with Crippen LogP contribution in [0.15, 0.2) is 73.2 Å². The van der Waals surface area contributed by atoms with Gasteiger partial charge in [0.1, 0.15) is 5.69 Å². The normalized spacial score (nSPS) is 11.3. The maximum atomic E-state index is 4.76. The smallest absolute Gasteiger partial charge is 0.160 e. The van der Waals surface area contributed by atoms with E-state index in [2.05, 4.69) is 83.5 Å². The lowest BCUT2D eigenvalue weighted by atomic mass is 9.99. The summed E-state index contributed by atoms with van der Waals surface area (Å²) in [6.07, 6.45) is 6.80. The van der Waals surface area contributed by atoms with Crippen LogP contribution < -0.4 is 0 Å². The van der Waals surface area contributed by atoms with Crippen molar-refractivity contribution in [3.8, 4) is 33.9 Å². The van der Waals surface area contributed by atoms with Gasteiger partial charge in [-0.05, 0) is 48.2 Å². The van der Waals surface area contributed by atoms with Gasteiger partial charge in [-0.2, -0.15) is 5.10 Å². The molecule has 30 heavy (non-hydrogen) atoms. The van der Waals surface area contributed by atoms with E-state index in [0.717, 1.165) is 41.4 Å². The lowest BCUT2D eigenvalue weighted by Gasteiger charge is -2.06. The van der Waals surface area contributed by atoms with Crippen molar-refractivity contribution < 1.29 is 0 Å². The van der Waals surface area contributed by atoms with Crippen LogP contribution >= 0.6 is 0 Å². The molecule has 2 aromatic carbocycles. The fourth-order valence-electron chi connectivity index (χ4n) is 3.63. The van der Waals surface area contributed by atoms with Crippen molar-refractivity contribution in [1.82, 2.24) is 24.7 Å². The van der Waals surface area contributed by atoms with E-state index in [1.807, 2.05) is 12.1 Å². The van der Waals surface area contributed by atoms with Crippen LogP contribution in [0.4, 0.5) is 0 Å². The first-order valence-corrected chi connectivity index (χ1v) is 10.2. The Bertz CT molecular complexity index is 1250. The number of nitrogens with zero attached hydrogens (tertiary/aromatic N) is 4. The molecule has 0 aliphatic carbocycles. The van der Waals surface area contributed by atoms with Gasteiger partial charge in [0.05, 0.1) is 5.69 Å². The zero-order valence-electron chi connectivity index (χ0n) is 17.1. The van der Waals surface area contributed by atoms with E-state index in [0.29, 0.717) is 0 Å². The van der Waals surface area contributed by atoms with Crippen molar-refractivity contribution in [2.24, 2.45) is 0 Å². The monoisotopic (exact) mass is 393 g/mol. The summed E-state index contributed by atoms with van der Waals surface area (Å²) >= 11 is 0. The third-order valence-electron chi connectivity index (χ3n) is 5.61. The molecule has 0 atom stereocenters. The van der Waals surface area contributed by atoms with Crippen molar-refractivity contribution in [1.29, 1.82) is 0 Å². The molecule has 0 saturated carbocycles. The molecule has 3 heterocycles. The molecular formula is C25H23N5. The van der Waals surface area contributed by atoms with Crippen LogP contribution in [0.2, 0.25) is 0 Å². The standard InChI is InChI=1S/C25H23N5/c1-17-3-4-21(15-18(17)2)19-5-7-20(8-6-19)25-27-23-11-14-30(16-24(23)28-25)13-10-22-9-12-26-29-22/h3-9,11-12,14-16H,10,13H2,1-2H3,(H,26,29). The van der Waals surface area contributed by atoms with E-state index in [4.69, 9.17) is 9.97 Å². The Morgan fingerprint density at radius 3 is 2.33 bits per heavy atom. The van der Waals surface area contributed by atoms with E-state index < -0.39 is 0 Å². The van der Waals surface area contributed by atoms with Crippen LogP contribution in [0, 0.1) is 13.8 Å². The molecule has 5 rings (SSSR count). The van der Waals surface area contributed by atoms with Gasteiger partial charge >= 0.3 is 0 Å². The van der Waals surface area contributed by atoms with Crippen LogP contribution in [0.25, 0.3) is 33.9 Å². The van der Waals surface area contributed by atoms with Gasteiger partial charge in [0.25, 0.3) is 0 Å². The second kappa shape index (κ2) is 7.59. The van der Waals surface area contributed by atoms with Crippen LogP contribution in [0.3, 0.4) is 0 Å². The van der Waals surface area contributed by atoms with Gasteiger partial charge in [-0.15, -0.1) is 0 Å². The van der Waals surface area contributed by atoms with Gasteiger partial charge in [-0.3, -0.25) is 5.10 Å². The SMILES string of the molecule is Cc1ccc(-c2ccc(-c3nc4ccn(CCc5ccn[nH]5)cc-4n3)cc2)cc1C. The van der Waals surface area contributed by atoms with E-state index in [9.17, 15) is 0 Å². The molecule has 0 radical (unpaired) electrons. The van der Waals surface area contributed by atoms with Gasteiger partial charge in [-0.1, -0.05) is 42.5 Å². The molecule has 1 N–H and O–H groups in total. The van der Waals surface area contributed by atoms with Crippen LogP contribution in [-0.4, -0.2) is 24.7 Å². The molecule has 0 spiro atoms. The summed E-state index contributed by atoms with van der Waals surface area (Å²) in [4.78, 5) is 9.49. The molecule has 5 nitrogen and oxygen atoms in total. The van der Waals surface area contributed by atoms with Gasteiger partial charge in [-0.25, -0.2) is 9.97 Å². The first-order chi connectivity index (χ1) is 14.7. The lowest BCUT2D eigenvalue weighted by Crippen LogP contribution is -2.02. The number of hydrogen-bond acceptors (Lipinski definition) is 3. The van der Waals surface area contributed by atoms with Crippen molar-refractivity contribution in [2.75, 3.05) is 0 Å². The van der Waals surface area contributed by atoms with Crippen LogP contribution in [0.5, 0.6) is 0 Å². The third-order valence-corrected chi connectivity index (χ3v) is 5.61. The Balaban J connectivity index is 1.37. The minimum atomic E-state index is 0.767. The number of aromatic nitrogens is 5. The maximum absolute atomic E-state index is 4.76. The quantitative estimate of drug-likeness (QED) is 0.441. The Labute approximate surface area is 175 Å². The first kappa shape index (κ1) is 18.3. The average molecular weight is 393 g/mol. The minimum absolute atomic E-state index is 0.767. The fraction of sp³-hybridized carbons (Fsp3) is 0.160. The molecule has 0 unspecified atom stereocenters. The lowest BCUT2D eigenvalue weighted by molar-refractivity contribution is 0.678. The highest BCUT2D eigenvalue weighted by atomic mass is 15.1. The average Bonchev–Trinajstić information content (AvgIpc) is 3.44. The van der Waals surface area contributed by atoms with Gasteiger partial charge in [0, 0.05) is 42.8 Å². The highest BCUT2D eigenvalue weighted by molar-refractivity contribution is 5.71. The van der Waals surface area contributed by atoms with Gasteiger partial charge < -0.3 is 4.57 Å². The van der Waals surface area contributed by atoms with Crippen LogP contribution in [-0.2, 0) is 13.0 Å². The Hall–Kier alpha value is -3.73. The molecule has 3 aromatic rings. The topological polar surface area (TPSA) is 59.4 Å². The van der Waals surface area contributed by atoms with E-state index in [-0.39, 0.29) is 0 Å². The number of aryl methyl sites for hydroxylation is 4. The number of H-pyrrole nitrogens is 1. The summed E-state index contributed by atoms with van der Waals surface area (Å²) in [6, 6.07) is 19.1. The highest BCUT2D eigenvalue weighted by Gasteiger charge is 2.13. The third kappa shape index (κ3) is 3.62. The number of fused-ring (bicyclic) bond motifs is 1. The summed E-state index contributed by atoms with van der Waals surface area (Å²) in [6.45, 7) is 5.16. The number of rotatable bonds is 5.